The van der Waals surface area contributed by atoms with Gasteiger partial charge < -0.3 is 14.7 Å². The number of pyridine rings is 1. The zero-order valence-corrected chi connectivity index (χ0v) is 19.0. The fourth-order valence-corrected chi connectivity index (χ4v) is 5.55. The lowest BCUT2D eigenvalue weighted by Crippen LogP contribution is -2.58. The lowest BCUT2D eigenvalue weighted by atomic mass is 9.75. The monoisotopic (exact) mass is 431 g/mol. The third-order valence-electron chi connectivity index (χ3n) is 7.35. The number of hydrogen-bond donors (Lipinski definition) is 1. The van der Waals surface area contributed by atoms with Crippen molar-refractivity contribution in [3.05, 3.63) is 59.3 Å². The molecule has 4 fully saturated rings. The molecule has 5 heterocycles. The molecule has 2 atom stereocenters. The minimum Gasteiger partial charge on any atom is -0.383 e. The molecule has 5 heteroatoms. The fourth-order valence-electron chi connectivity index (χ4n) is 5.55. The predicted octanol–water partition coefficient (Wildman–Crippen LogP) is 3.10. The molecule has 0 spiro atoms. The molecule has 0 aliphatic carbocycles. The Bertz CT molecular complexity index is 991. The van der Waals surface area contributed by atoms with E-state index in [9.17, 15) is 5.11 Å². The standard InChI is InChI=1S/C27H33N3O2/c1-32-19-24-8-5-15-30(24)26-10-9-22(25(28-26)18-21-6-3-2-4-7-21)11-14-27(31)20-29-16-12-23(27)13-17-29/h2-4,6-7,9-10,23-24,31H,5,8,12-13,15-20H2,1H3/t24-,27?/m1/s1. The molecule has 0 radical (unpaired) electrons. The summed E-state index contributed by atoms with van der Waals surface area (Å²) < 4.78 is 5.44. The van der Waals surface area contributed by atoms with Crippen molar-refractivity contribution in [2.75, 3.05) is 44.8 Å². The Morgan fingerprint density at radius 1 is 1.09 bits per heavy atom. The lowest BCUT2D eigenvalue weighted by molar-refractivity contribution is -0.0713. The van der Waals surface area contributed by atoms with Gasteiger partial charge in [0.1, 0.15) is 11.4 Å². The van der Waals surface area contributed by atoms with E-state index in [0.717, 1.165) is 75.4 Å². The van der Waals surface area contributed by atoms with Crippen LogP contribution in [0.25, 0.3) is 0 Å². The van der Waals surface area contributed by atoms with Crippen LogP contribution in [0.1, 0.15) is 42.5 Å². The second-order valence-electron chi connectivity index (χ2n) is 9.50. The van der Waals surface area contributed by atoms with E-state index in [1.54, 1.807) is 7.11 Å². The normalized spacial score (nSPS) is 29.1. The third kappa shape index (κ3) is 4.41. The molecule has 1 aromatic heterocycles. The van der Waals surface area contributed by atoms with Gasteiger partial charge in [-0.15, -0.1) is 0 Å². The second-order valence-corrected chi connectivity index (χ2v) is 9.50. The molecule has 1 N–H and O–H groups in total. The molecule has 0 amide bonds. The van der Waals surface area contributed by atoms with E-state index in [-0.39, 0.29) is 5.92 Å². The highest BCUT2D eigenvalue weighted by molar-refractivity contribution is 5.50. The van der Waals surface area contributed by atoms with Crippen LogP contribution in [0.4, 0.5) is 5.82 Å². The van der Waals surface area contributed by atoms with E-state index in [0.29, 0.717) is 12.6 Å². The van der Waals surface area contributed by atoms with Crippen LogP contribution in [0.5, 0.6) is 0 Å². The minimum atomic E-state index is -0.905. The van der Waals surface area contributed by atoms with Crippen molar-refractivity contribution in [1.29, 1.82) is 0 Å². The highest BCUT2D eigenvalue weighted by atomic mass is 16.5. The average molecular weight is 432 g/mol. The Kier molecular flexibility index (Phi) is 6.19. The molecule has 2 aromatic rings. The highest BCUT2D eigenvalue weighted by Crippen LogP contribution is 2.35. The number of piperidine rings is 3. The van der Waals surface area contributed by atoms with Crippen LogP contribution in [0.2, 0.25) is 0 Å². The zero-order chi connectivity index (χ0) is 22.0. The van der Waals surface area contributed by atoms with Crippen molar-refractivity contribution in [2.45, 2.75) is 43.7 Å². The molecular formula is C27H33N3O2. The summed E-state index contributed by atoms with van der Waals surface area (Å²) in [5, 5.41) is 11.3. The van der Waals surface area contributed by atoms with E-state index >= 15 is 0 Å². The number of aliphatic hydroxyl groups is 1. The summed E-state index contributed by atoms with van der Waals surface area (Å²) >= 11 is 0. The van der Waals surface area contributed by atoms with Gasteiger partial charge in [0.25, 0.3) is 0 Å². The molecule has 4 aliphatic heterocycles. The van der Waals surface area contributed by atoms with Gasteiger partial charge in [-0.2, -0.15) is 0 Å². The van der Waals surface area contributed by atoms with Gasteiger partial charge in [0.15, 0.2) is 0 Å². The number of aromatic nitrogens is 1. The van der Waals surface area contributed by atoms with Gasteiger partial charge in [-0.25, -0.2) is 4.98 Å². The van der Waals surface area contributed by atoms with Crippen LogP contribution < -0.4 is 4.90 Å². The Balaban J connectivity index is 1.47. The first-order valence-electron chi connectivity index (χ1n) is 11.9. The number of anilines is 1. The largest absolute Gasteiger partial charge is 0.383 e. The van der Waals surface area contributed by atoms with E-state index in [2.05, 4.69) is 58.0 Å². The van der Waals surface area contributed by atoms with Crippen molar-refractivity contribution in [1.82, 2.24) is 9.88 Å². The van der Waals surface area contributed by atoms with Crippen LogP contribution in [-0.4, -0.2) is 66.5 Å². The lowest BCUT2D eigenvalue weighted by Gasteiger charge is -2.47. The predicted molar refractivity (Wildman–Crippen MR) is 127 cm³/mol. The Labute approximate surface area is 191 Å². The molecule has 6 rings (SSSR count). The third-order valence-corrected chi connectivity index (χ3v) is 7.35. The van der Waals surface area contributed by atoms with Gasteiger partial charge in [-0.3, -0.25) is 4.90 Å². The number of ether oxygens (including phenoxy) is 1. The van der Waals surface area contributed by atoms with E-state index in [1.165, 1.54) is 5.56 Å². The number of fused-ring (bicyclic) bond motifs is 3. The van der Waals surface area contributed by atoms with Gasteiger partial charge in [0.05, 0.1) is 18.3 Å². The molecule has 0 saturated carbocycles. The summed E-state index contributed by atoms with van der Waals surface area (Å²) in [7, 11) is 1.77. The maximum absolute atomic E-state index is 11.3. The van der Waals surface area contributed by atoms with Crippen LogP contribution >= 0.6 is 0 Å². The minimum absolute atomic E-state index is 0.282. The van der Waals surface area contributed by atoms with Gasteiger partial charge in [-0.1, -0.05) is 42.2 Å². The molecule has 4 aliphatic rings. The Morgan fingerprint density at radius 2 is 1.91 bits per heavy atom. The van der Waals surface area contributed by atoms with Crippen molar-refractivity contribution in [3.8, 4) is 11.8 Å². The van der Waals surface area contributed by atoms with E-state index < -0.39 is 5.60 Å². The first kappa shape index (κ1) is 21.5. The van der Waals surface area contributed by atoms with Crippen LogP contribution in [0.3, 0.4) is 0 Å². The van der Waals surface area contributed by atoms with Crippen molar-refractivity contribution in [2.24, 2.45) is 5.92 Å². The maximum atomic E-state index is 11.3. The molecule has 1 aromatic carbocycles. The number of hydrogen-bond acceptors (Lipinski definition) is 5. The molecule has 4 saturated heterocycles. The van der Waals surface area contributed by atoms with Crippen LogP contribution in [0.15, 0.2) is 42.5 Å². The van der Waals surface area contributed by atoms with Gasteiger partial charge in [0, 0.05) is 38.1 Å². The van der Waals surface area contributed by atoms with Crippen molar-refractivity contribution >= 4 is 5.82 Å². The number of rotatable bonds is 5. The van der Waals surface area contributed by atoms with Gasteiger partial charge in [0.2, 0.25) is 0 Å². The Hall–Kier alpha value is -2.39. The number of nitrogens with zero attached hydrogens (tertiary/aromatic N) is 3. The second kappa shape index (κ2) is 9.23. The van der Waals surface area contributed by atoms with Crippen molar-refractivity contribution < 1.29 is 9.84 Å². The molecule has 5 nitrogen and oxygen atoms in total. The van der Waals surface area contributed by atoms with Gasteiger partial charge >= 0.3 is 0 Å². The topological polar surface area (TPSA) is 48.8 Å². The molecule has 2 bridgehead atoms. The average Bonchev–Trinajstić information content (AvgIpc) is 3.28. The van der Waals surface area contributed by atoms with Crippen LogP contribution in [-0.2, 0) is 11.2 Å². The molecule has 32 heavy (non-hydrogen) atoms. The summed E-state index contributed by atoms with van der Waals surface area (Å²) in [6, 6.07) is 15.0. The maximum Gasteiger partial charge on any atom is 0.141 e. The summed E-state index contributed by atoms with van der Waals surface area (Å²) in [5.41, 5.74) is 2.22. The smallest absolute Gasteiger partial charge is 0.141 e. The molecule has 168 valence electrons. The zero-order valence-electron chi connectivity index (χ0n) is 19.0. The summed E-state index contributed by atoms with van der Waals surface area (Å²) in [6.07, 6.45) is 5.10. The summed E-state index contributed by atoms with van der Waals surface area (Å²) in [6.45, 7) is 4.57. The summed E-state index contributed by atoms with van der Waals surface area (Å²) in [4.78, 5) is 9.80. The van der Waals surface area contributed by atoms with Gasteiger partial charge in [-0.05, 0) is 56.5 Å². The molecule has 1 unspecified atom stereocenters. The van der Waals surface area contributed by atoms with Crippen molar-refractivity contribution in [3.63, 3.8) is 0 Å². The first-order valence-corrected chi connectivity index (χ1v) is 11.9. The molecular weight excluding hydrogens is 398 g/mol. The highest BCUT2D eigenvalue weighted by Gasteiger charge is 2.44. The number of methoxy groups -OCH3 is 1. The Morgan fingerprint density at radius 3 is 2.62 bits per heavy atom. The SMILES string of the molecule is COC[C@H]1CCCN1c1ccc(C#CC2(O)CN3CCC2CC3)c(Cc2ccccc2)n1. The van der Waals surface area contributed by atoms with E-state index in [1.807, 2.05) is 6.07 Å². The fraction of sp³-hybridized carbons (Fsp3) is 0.519. The quantitative estimate of drug-likeness (QED) is 0.738. The number of benzene rings is 1. The summed E-state index contributed by atoms with van der Waals surface area (Å²) in [5.74, 6) is 7.91. The van der Waals surface area contributed by atoms with E-state index in [4.69, 9.17) is 9.72 Å². The van der Waals surface area contributed by atoms with Crippen LogP contribution in [0, 0.1) is 17.8 Å². The first-order chi connectivity index (χ1) is 15.6.